The van der Waals surface area contributed by atoms with E-state index in [-0.39, 0.29) is 0 Å². The quantitative estimate of drug-likeness (QED) is 0.797. The topological polar surface area (TPSA) is 24.9 Å². The second kappa shape index (κ2) is 3.91. The van der Waals surface area contributed by atoms with Crippen LogP contribution in [0.5, 0.6) is 0 Å². The van der Waals surface area contributed by atoms with Crippen LogP contribution in [0.15, 0.2) is 41.1 Å². The van der Waals surface area contributed by atoms with Crippen molar-refractivity contribution in [1.82, 2.24) is 4.98 Å². The highest BCUT2D eigenvalue weighted by Crippen LogP contribution is 2.28. The zero-order chi connectivity index (χ0) is 11.0. The van der Waals surface area contributed by atoms with Gasteiger partial charge < -0.3 is 5.32 Å². The third-order valence-corrected chi connectivity index (χ3v) is 3.42. The summed E-state index contributed by atoms with van der Waals surface area (Å²) in [6, 6.07) is 8.45. The predicted molar refractivity (Wildman–Crippen MR) is 68.5 cm³/mol. The van der Waals surface area contributed by atoms with Crippen molar-refractivity contribution in [3.8, 4) is 0 Å². The Morgan fingerprint density at radius 1 is 1.12 bits per heavy atom. The molecule has 0 bridgehead atoms. The normalized spacial score (nSPS) is 13.3. The van der Waals surface area contributed by atoms with E-state index < -0.39 is 0 Å². The first kappa shape index (κ1) is 9.85. The van der Waals surface area contributed by atoms with Gasteiger partial charge in [0.15, 0.2) is 0 Å². The van der Waals surface area contributed by atoms with E-state index in [1.807, 2.05) is 12.4 Å². The van der Waals surface area contributed by atoms with Gasteiger partial charge in [0, 0.05) is 35.5 Å². The first-order valence-corrected chi connectivity index (χ1v) is 6.06. The standard InChI is InChI=1S/C13H11BrN2/c14-12-1-2-13-10(6-12)5-11-7-15-4-3-9(11)8-16-13/h1-4,6-7,16H,5,8H2. The van der Waals surface area contributed by atoms with Gasteiger partial charge in [-0.05, 0) is 41.0 Å². The van der Waals surface area contributed by atoms with Gasteiger partial charge in [0.2, 0.25) is 0 Å². The monoisotopic (exact) mass is 274 g/mol. The Bertz CT molecular complexity index is 537. The zero-order valence-electron chi connectivity index (χ0n) is 8.70. The smallest absolute Gasteiger partial charge is 0.0404 e. The van der Waals surface area contributed by atoms with Crippen molar-refractivity contribution in [2.24, 2.45) is 0 Å². The zero-order valence-corrected chi connectivity index (χ0v) is 10.3. The summed E-state index contributed by atoms with van der Waals surface area (Å²) in [7, 11) is 0. The summed E-state index contributed by atoms with van der Waals surface area (Å²) >= 11 is 3.51. The maximum atomic E-state index is 4.20. The Kier molecular flexibility index (Phi) is 2.40. The molecule has 0 fully saturated rings. The fourth-order valence-electron chi connectivity index (χ4n) is 2.06. The van der Waals surface area contributed by atoms with E-state index in [0.717, 1.165) is 17.4 Å². The van der Waals surface area contributed by atoms with Gasteiger partial charge in [0.25, 0.3) is 0 Å². The van der Waals surface area contributed by atoms with Gasteiger partial charge in [-0.25, -0.2) is 0 Å². The summed E-state index contributed by atoms with van der Waals surface area (Å²) in [6.07, 6.45) is 4.77. The van der Waals surface area contributed by atoms with Crippen molar-refractivity contribution in [2.75, 3.05) is 5.32 Å². The van der Waals surface area contributed by atoms with Crippen LogP contribution in [0.4, 0.5) is 5.69 Å². The highest BCUT2D eigenvalue weighted by atomic mass is 79.9. The summed E-state index contributed by atoms with van der Waals surface area (Å²) in [4.78, 5) is 4.20. The third-order valence-electron chi connectivity index (χ3n) is 2.92. The van der Waals surface area contributed by atoms with Crippen LogP contribution in [0.2, 0.25) is 0 Å². The van der Waals surface area contributed by atoms with E-state index in [9.17, 15) is 0 Å². The van der Waals surface area contributed by atoms with Crippen LogP contribution < -0.4 is 5.32 Å². The van der Waals surface area contributed by atoms with Crippen molar-refractivity contribution < 1.29 is 0 Å². The molecule has 0 saturated carbocycles. The molecule has 0 amide bonds. The Labute approximate surface area is 103 Å². The van der Waals surface area contributed by atoms with Crippen molar-refractivity contribution in [2.45, 2.75) is 13.0 Å². The molecule has 3 rings (SSSR count). The Hall–Kier alpha value is -1.35. The molecule has 1 aliphatic heterocycles. The average Bonchev–Trinajstić information content (AvgIpc) is 2.47. The molecule has 0 atom stereocenters. The van der Waals surface area contributed by atoms with E-state index in [0.29, 0.717) is 0 Å². The minimum atomic E-state index is 0.881. The van der Waals surface area contributed by atoms with Gasteiger partial charge in [-0.2, -0.15) is 0 Å². The molecule has 3 heteroatoms. The highest BCUT2D eigenvalue weighted by molar-refractivity contribution is 9.10. The van der Waals surface area contributed by atoms with Crippen molar-refractivity contribution in [1.29, 1.82) is 0 Å². The molecule has 2 nitrogen and oxygen atoms in total. The number of hydrogen-bond acceptors (Lipinski definition) is 2. The van der Waals surface area contributed by atoms with Crippen LogP contribution in [-0.4, -0.2) is 4.98 Å². The van der Waals surface area contributed by atoms with E-state index in [1.54, 1.807) is 0 Å². The van der Waals surface area contributed by atoms with Gasteiger partial charge in [-0.15, -0.1) is 0 Å². The third kappa shape index (κ3) is 1.71. The summed E-state index contributed by atoms with van der Waals surface area (Å²) in [5.41, 5.74) is 5.19. The number of nitrogens with zero attached hydrogens (tertiary/aromatic N) is 1. The lowest BCUT2D eigenvalue weighted by Crippen LogP contribution is -1.98. The molecule has 0 saturated heterocycles. The molecule has 80 valence electrons. The van der Waals surface area contributed by atoms with Crippen LogP contribution in [-0.2, 0) is 13.0 Å². The van der Waals surface area contributed by atoms with E-state index in [2.05, 4.69) is 50.5 Å². The summed E-state index contributed by atoms with van der Waals surface area (Å²) < 4.78 is 1.13. The highest BCUT2D eigenvalue weighted by Gasteiger charge is 2.12. The number of halogens is 1. The number of rotatable bonds is 0. The lowest BCUT2D eigenvalue weighted by molar-refractivity contribution is 1.08. The van der Waals surface area contributed by atoms with Crippen LogP contribution in [0.25, 0.3) is 0 Å². The summed E-state index contributed by atoms with van der Waals surface area (Å²) in [6.45, 7) is 0.881. The Morgan fingerprint density at radius 3 is 3.00 bits per heavy atom. The molecule has 0 radical (unpaired) electrons. The number of benzene rings is 1. The molecule has 2 heterocycles. The lowest BCUT2D eigenvalue weighted by atomic mass is 10.0. The molecule has 1 aromatic carbocycles. The molecule has 0 unspecified atom stereocenters. The first-order valence-electron chi connectivity index (χ1n) is 5.27. The maximum absolute atomic E-state index is 4.20. The molecule has 0 aliphatic carbocycles. The molecular formula is C13H11BrN2. The van der Waals surface area contributed by atoms with Crippen molar-refractivity contribution in [3.05, 3.63) is 57.8 Å². The second-order valence-corrected chi connectivity index (χ2v) is 4.89. The van der Waals surface area contributed by atoms with Crippen LogP contribution in [0.1, 0.15) is 16.7 Å². The molecule has 1 aromatic heterocycles. The predicted octanol–water partition coefficient (Wildman–Crippen LogP) is 3.36. The number of fused-ring (bicyclic) bond motifs is 2. The number of nitrogens with one attached hydrogen (secondary N) is 1. The van der Waals surface area contributed by atoms with E-state index >= 15 is 0 Å². The van der Waals surface area contributed by atoms with E-state index in [4.69, 9.17) is 0 Å². The maximum Gasteiger partial charge on any atom is 0.0404 e. The minimum absolute atomic E-state index is 0.881. The van der Waals surface area contributed by atoms with Crippen LogP contribution in [0.3, 0.4) is 0 Å². The van der Waals surface area contributed by atoms with Crippen molar-refractivity contribution >= 4 is 21.6 Å². The van der Waals surface area contributed by atoms with Gasteiger partial charge in [-0.3, -0.25) is 4.98 Å². The fourth-order valence-corrected chi connectivity index (χ4v) is 2.47. The van der Waals surface area contributed by atoms with Gasteiger partial charge >= 0.3 is 0 Å². The molecule has 2 aromatic rings. The summed E-state index contributed by atoms with van der Waals surface area (Å²) in [5, 5.41) is 3.46. The lowest BCUT2D eigenvalue weighted by Gasteiger charge is -2.07. The largest absolute Gasteiger partial charge is 0.381 e. The number of pyridine rings is 1. The van der Waals surface area contributed by atoms with Crippen LogP contribution in [0, 0.1) is 0 Å². The van der Waals surface area contributed by atoms with Gasteiger partial charge in [0.05, 0.1) is 0 Å². The molecule has 1 N–H and O–H groups in total. The Morgan fingerprint density at radius 2 is 2.06 bits per heavy atom. The number of aromatic nitrogens is 1. The SMILES string of the molecule is Brc1ccc2c(c1)Cc1cnccc1CN2. The molecule has 16 heavy (non-hydrogen) atoms. The fraction of sp³-hybridized carbons (Fsp3) is 0.154. The first-order chi connectivity index (χ1) is 7.83. The average molecular weight is 275 g/mol. The van der Waals surface area contributed by atoms with Gasteiger partial charge in [0.1, 0.15) is 0 Å². The molecule has 1 aliphatic rings. The second-order valence-electron chi connectivity index (χ2n) is 3.98. The van der Waals surface area contributed by atoms with Crippen LogP contribution >= 0.6 is 15.9 Å². The molecular weight excluding hydrogens is 264 g/mol. The molecule has 0 spiro atoms. The number of anilines is 1. The summed E-state index contributed by atoms with van der Waals surface area (Å²) in [5.74, 6) is 0. The number of hydrogen-bond donors (Lipinski definition) is 1. The van der Waals surface area contributed by atoms with Gasteiger partial charge in [-0.1, -0.05) is 15.9 Å². The minimum Gasteiger partial charge on any atom is -0.381 e. The van der Waals surface area contributed by atoms with Crippen molar-refractivity contribution in [3.63, 3.8) is 0 Å². The Balaban J connectivity index is 2.10. The van der Waals surface area contributed by atoms with E-state index in [1.165, 1.54) is 22.4 Å².